The second kappa shape index (κ2) is 5.78. The van der Waals surface area contributed by atoms with Crippen LogP contribution in [0.2, 0.25) is 0 Å². The summed E-state index contributed by atoms with van der Waals surface area (Å²) in [6.07, 6.45) is 6.97. The average molecular weight is 219 g/mol. The zero-order valence-electron chi connectivity index (χ0n) is 10.7. The van der Waals surface area contributed by atoms with E-state index in [1.54, 1.807) is 13.1 Å². The third kappa shape index (κ3) is 2.91. The lowest BCUT2D eigenvalue weighted by molar-refractivity contribution is 0.101. The van der Waals surface area contributed by atoms with Gasteiger partial charge in [-0.25, -0.2) is 0 Å². The zero-order chi connectivity index (χ0) is 12.1. The molecule has 0 bridgehead atoms. The van der Waals surface area contributed by atoms with Crippen LogP contribution in [0, 0.1) is 0 Å². The largest absolute Gasteiger partial charge is 0.294 e. The van der Waals surface area contributed by atoms with Crippen molar-refractivity contribution >= 4 is 5.78 Å². The molecule has 0 unspecified atom stereocenters. The fourth-order valence-corrected chi connectivity index (χ4v) is 2.04. The number of hydrogen-bond acceptors (Lipinski definition) is 2. The lowest BCUT2D eigenvalue weighted by Gasteiger charge is -2.15. The first-order chi connectivity index (χ1) is 7.57. The summed E-state index contributed by atoms with van der Waals surface area (Å²) in [4.78, 5) is 15.7. The lowest BCUT2D eigenvalue weighted by atomic mass is 9.90. The summed E-state index contributed by atoms with van der Waals surface area (Å²) in [5.41, 5.74) is 3.23. The highest BCUT2D eigenvalue weighted by Gasteiger charge is 2.14. The molecule has 0 aliphatic heterocycles. The van der Waals surface area contributed by atoms with Crippen molar-refractivity contribution in [2.24, 2.45) is 0 Å². The third-order valence-corrected chi connectivity index (χ3v) is 2.83. The molecule has 0 radical (unpaired) electrons. The minimum absolute atomic E-state index is 0.120. The fraction of sp³-hybridized carbons (Fsp3) is 0.571. The van der Waals surface area contributed by atoms with Gasteiger partial charge in [0, 0.05) is 18.0 Å². The van der Waals surface area contributed by atoms with Crippen molar-refractivity contribution in [2.75, 3.05) is 0 Å². The van der Waals surface area contributed by atoms with Gasteiger partial charge in [0.15, 0.2) is 5.78 Å². The molecule has 0 atom stereocenters. The molecule has 0 amide bonds. The lowest BCUT2D eigenvalue weighted by Crippen LogP contribution is -2.07. The Balaban J connectivity index is 3.16. The van der Waals surface area contributed by atoms with E-state index < -0.39 is 0 Å². The number of nitrogens with zero attached hydrogens (tertiary/aromatic N) is 1. The van der Waals surface area contributed by atoms with E-state index in [2.05, 4.69) is 25.8 Å². The van der Waals surface area contributed by atoms with Gasteiger partial charge in [-0.1, -0.05) is 27.2 Å². The summed E-state index contributed by atoms with van der Waals surface area (Å²) in [7, 11) is 0. The van der Waals surface area contributed by atoms with E-state index in [0.29, 0.717) is 5.92 Å². The SMILES string of the molecule is CCCCc1cncc(C(C)=O)c1C(C)C. The molecule has 1 aromatic rings. The van der Waals surface area contributed by atoms with E-state index in [-0.39, 0.29) is 5.78 Å². The van der Waals surface area contributed by atoms with Crippen LogP contribution in [0.15, 0.2) is 12.4 Å². The molecule has 16 heavy (non-hydrogen) atoms. The number of rotatable bonds is 5. The molecule has 0 aliphatic carbocycles. The maximum Gasteiger partial charge on any atom is 0.161 e. The molecule has 88 valence electrons. The minimum atomic E-state index is 0.120. The average Bonchev–Trinajstić information content (AvgIpc) is 2.25. The Labute approximate surface area is 98.1 Å². The Morgan fingerprint density at radius 3 is 2.56 bits per heavy atom. The number of carbonyl (C=O) groups excluding carboxylic acids is 1. The van der Waals surface area contributed by atoms with Crippen molar-refractivity contribution in [3.63, 3.8) is 0 Å². The van der Waals surface area contributed by atoms with Crippen LogP contribution in [-0.2, 0) is 6.42 Å². The molecule has 2 nitrogen and oxygen atoms in total. The van der Waals surface area contributed by atoms with Crippen LogP contribution in [0.1, 0.15) is 67.9 Å². The van der Waals surface area contributed by atoms with Gasteiger partial charge in [-0.15, -0.1) is 0 Å². The molecule has 0 aliphatic rings. The van der Waals surface area contributed by atoms with Gasteiger partial charge in [0.05, 0.1) is 0 Å². The molecule has 0 aromatic carbocycles. The van der Waals surface area contributed by atoms with Gasteiger partial charge in [0.25, 0.3) is 0 Å². The first-order valence-electron chi connectivity index (χ1n) is 6.05. The summed E-state index contributed by atoms with van der Waals surface area (Å²) in [5.74, 6) is 0.503. The number of pyridine rings is 1. The van der Waals surface area contributed by atoms with Gasteiger partial charge in [-0.3, -0.25) is 9.78 Å². The van der Waals surface area contributed by atoms with Crippen molar-refractivity contribution in [1.29, 1.82) is 0 Å². The molecule has 0 spiro atoms. The topological polar surface area (TPSA) is 30.0 Å². The predicted molar refractivity (Wildman–Crippen MR) is 66.9 cm³/mol. The van der Waals surface area contributed by atoms with Crippen LogP contribution >= 0.6 is 0 Å². The summed E-state index contributed by atoms with van der Waals surface area (Å²) in [6.45, 7) is 8.07. The second-order valence-electron chi connectivity index (χ2n) is 4.57. The summed E-state index contributed by atoms with van der Waals surface area (Å²) < 4.78 is 0. The second-order valence-corrected chi connectivity index (χ2v) is 4.57. The minimum Gasteiger partial charge on any atom is -0.294 e. The smallest absolute Gasteiger partial charge is 0.161 e. The van der Waals surface area contributed by atoms with Crippen molar-refractivity contribution in [1.82, 2.24) is 4.98 Å². The Bertz CT molecular complexity index is 369. The van der Waals surface area contributed by atoms with Crippen LogP contribution < -0.4 is 0 Å². The molecule has 0 N–H and O–H groups in total. The molecule has 0 saturated heterocycles. The number of carbonyl (C=O) groups is 1. The van der Waals surface area contributed by atoms with Gasteiger partial charge in [-0.05, 0) is 36.8 Å². The molecular weight excluding hydrogens is 198 g/mol. The molecule has 1 aromatic heterocycles. The summed E-state index contributed by atoms with van der Waals surface area (Å²) in [5, 5.41) is 0. The first-order valence-corrected chi connectivity index (χ1v) is 6.05. The van der Waals surface area contributed by atoms with Gasteiger partial charge in [0.2, 0.25) is 0 Å². The zero-order valence-corrected chi connectivity index (χ0v) is 10.7. The molecule has 1 heterocycles. The van der Waals surface area contributed by atoms with Crippen molar-refractivity contribution in [3.05, 3.63) is 29.1 Å². The van der Waals surface area contributed by atoms with Crippen LogP contribution in [0.25, 0.3) is 0 Å². The van der Waals surface area contributed by atoms with E-state index in [1.807, 2.05) is 6.20 Å². The standard InChI is InChI=1S/C14H21NO/c1-5-6-7-12-8-15-9-13(11(4)16)14(12)10(2)3/h8-10H,5-7H2,1-4H3. The number of ketones is 1. The van der Waals surface area contributed by atoms with E-state index in [1.165, 1.54) is 17.5 Å². The molecule has 2 heteroatoms. The highest BCUT2D eigenvalue weighted by molar-refractivity contribution is 5.95. The molecular formula is C14H21NO. The monoisotopic (exact) mass is 219 g/mol. The number of aromatic nitrogens is 1. The summed E-state index contributed by atoms with van der Waals surface area (Å²) in [6, 6.07) is 0. The van der Waals surface area contributed by atoms with Crippen LogP contribution in [0.4, 0.5) is 0 Å². The maximum atomic E-state index is 11.6. The van der Waals surface area contributed by atoms with Crippen molar-refractivity contribution < 1.29 is 4.79 Å². The highest BCUT2D eigenvalue weighted by Crippen LogP contribution is 2.24. The predicted octanol–water partition coefficient (Wildman–Crippen LogP) is 3.75. The number of unbranched alkanes of at least 4 members (excludes halogenated alkanes) is 1. The van der Waals surface area contributed by atoms with E-state index >= 15 is 0 Å². The van der Waals surface area contributed by atoms with Crippen LogP contribution in [0.5, 0.6) is 0 Å². The van der Waals surface area contributed by atoms with Crippen LogP contribution in [-0.4, -0.2) is 10.8 Å². The van der Waals surface area contributed by atoms with Gasteiger partial charge in [0.1, 0.15) is 0 Å². The Kier molecular flexibility index (Phi) is 4.66. The third-order valence-electron chi connectivity index (χ3n) is 2.83. The Morgan fingerprint density at radius 2 is 2.06 bits per heavy atom. The first kappa shape index (κ1) is 12.9. The molecule has 0 saturated carbocycles. The Hall–Kier alpha value is -1.18. The number of Topliss-reactive ketones (excluding diaryl/α,β-unsaturated/α-hetero) is 1. The maximum absolute atomic E-state index is 11.6. The van der Waals surface area contributed by atoms with Crippen molar-refractivity contribution in [2.45, 2.75) is 52.9 Å². The Morgan fingerprint density at radius 1 is 1.38 bits per heavy atom. The van der Waals surface area contributed by atoms with Crippen LogP contribution in [0.3, 0.4) is 0 Å². The fourth-order valence-electron chi connectivity index (χ4n) is 2.04. The summed E-state index contributed by atoms with van der Waals surface area (Å²) >= 11 is 0. The molecule has 0 fully saturated rings. The van der Waals surface area contributed by atoms with Crippen molar-refractivity contribution in [3.8, 4) is 0 Å². The van der Waals surface area contributed by atoms with E-state index in [4.69, 9.17) is 0 Å². The molecule has 1 rings (SSSR count). The van der Waals surface area contributed by atoms with Gasteiger partial charge in [-0.2, -0.15) is 0 Å². The number of hydrogen-bond donors (Lipinski definition) is 0. The van der Waals surface area contributed by atoms with E-state index in [0.717, 1.165) is 18.4 Å². The quantitative estimate of drug-likeness (QED) is 0.706. The number of aryl methyl sites for hydroxylation is 1. The normalized spacial score (nSPS) is 10.8. The van der Waals surface area contributed by atoms with Gasteiger partial charge >= 0.3 is 0 Å². The highest BCUT2D eigenvalue weighted by atomic mass is 16.1. The van der Waals surface area contributed by atoms with E-state index in [9.17, 15) is 4.79 Å². The van der Waals surface area contributed by atoms with Gasteiger partial charge < -0.3 is 0 Å².